The van der Waals surface area contributed by atoms with Crippen molar-refractivity contribution in [3.63, 3.8) is 0 Å². The van der Waals surface area contributed by atoms with Gasteiger partial charge in [-0.3, -0.25) is 14.5 Å². The van der Waals surface area contributed by atoms with Crippen LogP contribution in [0.5, 0.6) is 5.75 Å². The third-order valence-corrected chi connectivity index (χ3v) is 3.35. The maximum atomic E-state index is 12.8. The summed E-state index contributed by atoms with van der Waals surface area (Å²) in [6.45, 7) is 4.79. The van der Waals surface area contributed by atoms with Crippen molar-refractivity contribution >= 4 is 11.9 Å². The summed E-state index contributed by atoms with van der Waals surface area (Å²) in [6, 6.07) is 5.09. The summed E-state index contributed by atoms with van der Waals surface area (Å²) < 4.78 is 18.3. The van der Waals surface area contributed by atoms with Crippen LogP contribution in [0.2, 0.25) is 0 Å². The van der Waals surface area contributed by atoms with Crippen LogP contribution in [0.3, 0.4) is 0 Å². The first-order valence-corrected chi connectivity index (χ1v) is 7.50. The fraction of sp³-hybridized carbons (Fsp3) is 0.500. The first-order valence-electron chi connectivity index (χ1n) is 7.50. The van der Waals surface area contributed by atoms with Crippen LogP contribution in [-0.2, 0) is 9.59 Å². The van der Waals surface area contributed by atoms with E-state index in [1.165, 1.54) is 19.1 Å². The summed E-state index contributed by atoms with van der Waals surface area (Å²) in [5.41, 5.74) is 0. The van der Waals surface area contributed by atoms with Gasteiger partial charge in [-0.25, -0.2) is 4.39 Å². The van der Waals surface area contributed by atoms with Crippen LogP contribution < -0.4 is 10.1 Å². The van der Waals surface area contributed by atoms with Gasteiger partial charge in [0.15, 0.2) is 0 Å². The zero-order valence-electron chi connectivity index (χ0n) is 13.4. The average Bonchev–Trinajstić information content (AvgIpc) is 2.50. The molecule has 0 aliphatic rings. The van der Waals surface area contributed by atoms with Gasteiger partial charge in [0.05, 0.1) is 6.61 Å². The first-order chi connectivity index (χ1) is 10.9. The number of carboxylic acids is 1. The van der Waals surface area contributed by atoms with Gasteiger partial charge in [-0.05, 0) is 37.6 Å². The topological polar surface area (TPSA) is 78.9 Å². The maximum Gasteiger partial charge on any atom is 0.320 e. The van der Waals surface area contributed by atoms with E-state index in [1.54, 1.807) is 24.0 Å². The number of carboxylic acid groups (broad SMARTS) is 1. The van der Waals surface area contributed by atoms with Crippen LogP contribution in [0.4, 0.5) is 4.39 Å². The summed E-state index contributed by atoms with van der Waals surface area (Å²) in [7, 11) is 0. The van der Waals surface area contributed by atoms with E-state index < -0.39 is 12.0 Å². The molecular weight excluding hydrogens is 303 g/mol. The van der Waals surface area contributed by atoms with Crippen molar-refractivity contribution in [3.05, 3.63) is 30.1 Å². The Bertz CT molecular complexity index is 507. The molecule has 0 saturated heterocycles. The normalized spacial score (nSPS) is 12.0. The summed E-state index contributed by atoms with van der Waals surface area (Å²) in [6.07, 6.45) is 0.620. The Labute approximate surface area is 135 Å². The number of amides is 1. The Morgan fingerprint density at radius 3 is 2.52 bits per heavy atom. The van der Waals surface area contributed by atoms with Gasteiger partial charge in [0.25, 0.3) is 0 Å². The van der Waals surface area contributed by atoms with E-state index in [4.69, 9.17) is 9.84 Å². The maximum absolute atomic E-state index is 12.8. The molecule has 6 nitrogen and oxygen atoms in total. The largest absolute Gasteiger partial charge is 0.494 e. The molecule has 0 bridgehead atoms. The molecule has 0 fully saturated rings. The van der Waals surface area contributed by atoms with Crippen LogP contribution in [0.15, 0.2) is 24.3 Å². The smallest absolute Gasteiger partial charge is 0.320 e. The number of benzene rings is 1. The van der Waals surface area contributed by atoms with Crippen LogP contribution >= 0.6 is 0 Å². The third kappa shape index (κ3) is 7.60. The van der Waals surface area contributed by atoms with E-state index in [1.807, 2.05) is 0 Å². The number of hydrogen-bond acceptors (Lipinski definition) is 4. The molecule has 0 aliphatic heterocycles. The Morgan fingerprint density at radius 1 is 1.30 bits per heavy atom. The molecular formula is C16H23FN2O4. The number of rotatable bonds is 10. The van der Waals surface area contributed by atoms with E-state index in [0.29, 0.717) is 38.4 Å². The van der Waals surface area contributed by atoms with E-state index in [9.17, 15) is 14.0 Å². The molecule has 0 saturated carbocycles. The third-order valence-electron chi connectivity index (χ3n) is 3.35. The minimum Gasteiger partial charge on any atom is -0.494 e. The molecule has 0 aromatic heterocycles. The highest BCUT2D eigenvalue weighted by Gasteiger charge is 2.19. The quantitative estimate of drug-likeness (QED) is 0.637. The van der Waals surface area contributed by atoms with Gasteiger partial charge >= 0.3 is 5.97 Å². The molecule has 1 amide bonds. The van der Waals surface area contributed by atoms with Gasteiger partial charge in [-0.2, -0.15) is 0 Å². The molecule has 0 radical (unpaired) electrons. The fourth-order valence-electron chi connectivity index (χ4n) is 2.02. The molecule has 0 aliphatic carbocycles. The molecule has 1 rings (SSSR count). The molecule has 23 heavy (non-hydrogen) atoms. The molecule has 128 valence electrons. The van der Waals surface area contributed by atoms with Gasteiger partial charge < -0.3 is 15.2 Å². The van der Waals surface area contributed by atoms with Crippen LogP contribution in [0.25, 0.3) is 0 Å². The van der Waals surface area contributed by atoms with Crippen molar-refractivity contribution in [1.29, 1.82) is 0 Å². The lowest BCUT2D eigenvalue weighted by atomic mass is 10.2. The summed E-state index contributed by atoms with van der Waals surface area (Å²) in [5, 5.41) is 11.8. The number of halogens is 1. The molecule has 1 aromatic carbocycles. The van der Waals surface area contributed by atoms with Crippen LogP contribution in [-0.4, -0.2) is 54.2 Å². The van der Waals surface area contributed by atoms with Crippen molar-refractivity contribution < 1.29 is 23.8 Å². The van der Waals surface area contributed by atoms with Gasteiger partial charge in [-0.1, -0.05) is 0 Å². The van der Waals surface area contributed by atoms with E-state index in [-0.39, 0.29) is 11.7 Å². The van der Waals surface area contributed by atoms with Gasteiger partial charge in [0.1, 0.15) is 17.6 Å². The second kappa shape index (κ2) is 9.78. The number of carbonyl (C=O) groups excluding carboxylic acids is 1. The molecule has 1 atom stereocenters. The second-order valence-corrected chi connectivity index (χ2v) is 5.19. The highest BCUT2D eigenvalue weighted by molar-refractivity contribution is 5.73. The zero-order valence-corrected chi connectivity index (χ0v) is 13.4. The lowest BCUT2D eigenvalue weighted by molar-refractivity contribution is -0.142. The van der Waals surface area contributed by atoms with Crippen molar-refractivity contribution in [2.24, 2.45) is 0 Å². The van der Waals surface area contributed by atoms with Gasteiger partial charge in [-0.15, -0.1) is 0 Å². The predicted molar refractivity (Wildman–Crippen MR) is 83.9 cm³/mol. The SMILES string of the molecule is CC(=O)NCCN(CCCOc1ccc(F)cc1)C(C)C(=O)O. The number of ether oxygens (including phenoxy) is 1. The molecule has 2 N–H and O–H groups in total. The zero-order chi connectivity index (χ0) is 17.2. The van der Waals surface area contributed by atoms with Crippen molar-refractivity contribution in [2.75, 3.05) is 26.2 Å². The fourth-order valence-corrected chi connectivity index (χ4v) is 2.02. The lowest BCUT2D eigenvalue weighted by Crippen LogP contribution is -2.44. The standard InChI is InChI=1S/C16H23FN2O4/c1-12(16(21)22)19(10-8-18-13(2)20)9-3-11-23-15-6-4-14(17)5-7-15/h4-7,12H,3,8-11H2,1-2H3,(H,18,20)(H,21,22). The average molecular weight is 326 g/mol. The van der Waals surface area contributed by atoms with E-state index in [0.717, 1.165) is 0 Å². The van der Waals surface area contributed by atoms with Crippen LogP contribution in [0, 0.1) is 5.82 Å². The van der Waals surface area contributed by atoms with Crippen molar-refractivity contribution in [3.8, 4) is 5.75 Å². The summed E-state index contributed by atoms with van der Waals surface area (Å²) in [4.78, 5) is 23.8. The van der Waals surface area contributed by atoms with Crippen molar-refractivity contribution in [1.82, 2.24) is 10.2 Å². The number of carbonyl (C=O) groups is 2. The highest BCUT2D eigenvalue weighted by atomic mass is 19.1. The minimum absolute atomic E-state index is 0.146. The first kappa shape index (κ1) is 18.9. The number of nitrogens with zero attached hydrogens (tertiary/aromatic N) is 1. The molecule has 1 unspecified atom stereocenters. The predicted octanol–water partition coefficient (Wildman–Crippen LogP) is 1.51. The molecule has 0 spiro atoms. The Hall–Kier alpha value is -2.15. The second-order valence-electron chi connectivity index (χ2n) is 5.19. The Kier molecular flexibility index (Phi) is 8.04. The van der Waals surface area contributed by atoms with Crippen LogP contribution in [0.1, 0.15) is 20.3 Å². The highest BCUT2D eigenvalue weighted by Crippen LogP contribution is 2.11. The Morgan fingerprint density at radius 2 is 1.96 bits per heavy atom. The summed E-state index contributed by atoms with van der Waals surface area (Å²) >= 11 is 0. The number of nitrogens with one attached hydrogen (secondary N) is 1. The van der Waals surface area contributed by atoms with E-state index in [2.05, 4.69) is 5.32 Å². The van der Waals surface area contributed by atoms with Gasteiger partial charge in [0.2, 0.25) is 5.91 Å². The van der Waals surface area contributed by atoms with Gasteiger partial charge in [0, 0.05) is 26.6 Å². The van der Waals surface area contributed by atoms with Crippen molar-refractivity contribution in [2.45, 2.75) is 26.3 Å². The van der Waals surface area contributed by atoms with E-state index >= 15 is 0 Å². The molecule has 1 aromatic rings. The molecule has 7 heteroatoms. The Balaban J connectivity index is 2.38. The summed E-state index contributed by atoms with van der Waals surface area (Å²) in [5.74, 6) is -0.806. The number of hydrogen-bond donors (Lipinski definition) is 2. The number of aliphatic carboxylic acids is 1. The minimum atomic E-state index is -0.910. The molecule has 0 heterocycles. The monoisotopic (exact) mass is 326 g/mol. The lowest BCUT2D eigenvalue weighted by Gasteiger charge is -2.26.